The van der Waals surface area contributed by atoms with E-state index in [0.29, 0.717) is 30.5 Å². The minimum atomic E-state index is -0.617. The fourth-order valence-electron chi connectivity index (χ4n) is 3.71. The molecule has 1 atom stereocenters. The standard InChI is InChI=1S/C29H33ClN2O2S/c1-21(2)18-31-29(34)27(17-23-10-5-4-6-11-23)32(19-24-12-8-7-9-22(24)3)28(33)20-35-26-15-13-25(30)14-16-26/h4-16,21,27H,17-20H2,1-3H3,(H,31,34). The number of nitrogens with one attached hydrogen (secondary N) is 1. The van der Waals surface area contributed by atoms with Gasteiger partial charge in [0.2, 0.25) is 11.8 Å². The molecule has 0 bridgehead atoms. The molecule has 0 heterocycles. The fourth-order valence-corrected chi connectivity index (χ4v) is 4.62. The van der Waals surface area contributed by atoms with Crippen LogP contribution in [0.25, 0.3) is 0 Å². The summed E-state index contributed by atoms with van der Waals surface area (Å²) in [4.78, 5) is 29.8. The average Bonchev–Trinajstić information content (AvgIpc) is 2.85. The third kappa shape index (κ3) is 8.44. The van der Waals surface area contributed by atoms with Crippen molar-refractivity contribution < 1.29 is 9.59 Å². The molecule has 0 radical (unpaired) electrons. The molecule has 184 valence electrons. The molecule has 0 saturated heterocycles. The summed E-state index contributed by atoms with van der Waals surface area (Å²) in [6.07, 6.45) is 0.452. The van der Waals surface area contributed by atoms with E-state index in [4.69, 9.17) is 11.6 Å². The third-order valence-electron chi connectivity index (χ3n) is 5.73. The molecule has 3 aromatic carbocycles. The van der Waals surface area contributed by atoms with Crippen LogP contribution in [-0.2, 0) is 22.6 Å². The number of carbonyl (C=O) groups is 2. The van der Waals surface area contributed by atoms with Crippen LogP contribution in [0.3, 0.4) is 0 Å². The molecule has 0 spiro atoms. The van der Waals surface area contributed by atoms with Crippen molar-refractivity contribution in [2.75, 3.05) is 12.3 Å². The van der Waals surface area contributed by atoms with Gasteiger partial charge in [-0.25, -0.2) is 0 Å². The number of aryl methyl sites for hydroxylation is 1. The van der Waals surface area contributed by atoms with E-state index in [1.807, 2.05) is 85.8 Å². The monoisotopic (exact) mass is 508 g/mol. The van der Waals surface area contributed by atoms with E-state index < -0.39 is 6.04 Å². The normalized spacial score (nSPS) is 11.8. The van der Waals surface area contributed by atoms with Crippen molar-refractivity contribution in [1.82, 2.24) is 10.2 Å². The van der Waals surface area contributed by atoms with Gasteiger partial charge in [0.15, 0.2) is 0 Å². The molecule has 2 amide bonds. The average molecular weight is 509 g/mol. The maximum absolute atomic E-state index is 13.7. The van der Waals surface area contributed by atoms with E-state index in [1.165, 1.54) is 11.8 Å². The van der Waals surface area contributed by atoms with Crippen LogP contribution in [0.1, 0.15) is 30.5 Å². The van der Waals surface area contributed by atoms with Gasteiger partial charge in [-0.2, -0.15) is 0 Å². The molecular formula is C29H33ClN2O2S. The van der Waals surface area contributed by atoms with Crippen LogP contribution in [0.4, 0.5) is 0 Å². The lowest BCUT2D eigenvalue weighted by atomic mass is 10.0. The molecule has 0 fully saturated rings. The lowest BCUT2D eigenvalue weighted by molar-refractivity contribution is -0.139. The minimum Gasteiger partial charge on any atom is -0.354 e. The molecule has 0 saturated carbocycles. The van der Waals surface area contributed by atoms with Gasteiger partial charge >= 0.3 is 0 Å². The van der Waals surface area contributed by atoms with E-state index in [0.717, 1.165) is 21.6 Å². The topological polar surface area (TPSA) is 49.4 Å². The first-order valence-corrected chi connectivity index (χ1v) is 13.2. The van der Waals surface area contributed by atoms with Gasteiger partial charge in [0.1, 0.15) is 6.04 Å². The maximum Gasteiger partial charge on any atom is 0.243 e. The summed E-state index contributed by atoms with van der Waals surface area (Å²) in [5.41, 5.74) is 3.15. The summed E-state index contributed by atoms with van der Waals surface area (Å²) in [6, 6.07) is 24.7. The minimum absolute atomic E-state index is 0.0752. The SMILES string of the molecule is Cc1ccccc1CN(C(=O)CSc1ccc(Cl)cc1)C(Cc1ccccc1)C(=O)NCC(C)C. The second kappa shape index (κ2) is 13.4. The highest BCUT2D eigenvalue weighted by Crippen LogP contribution is 2.23. The Hall–Kier alpha value is -2.76. The highest BCUT2D eigenvalue weighted by molar-refractivity contribution is 8.00. The van der Waals surface area contributed by atoms with Crippen LogP contribution in [0.2, 0.25) is 5.02 Å². The predicted octanol–water partition coefficient (Wildman–Crippen LogP) is 6.15. The molecule has 1 unspecified atom stereocenters. The highest BCUT2D eigenvalue weighted by Gasteiger charge is 2.30. The quantitative estimate of drug-likeness (QED) is 0.316. The third-order valence-corrected chi connectivity index (χ3v) is 6.98. The van der Waals surface area contributed by atoms with Crippen LogP contribution >= 0.6 is 23.4 Å². The number of benzene rings is 3. The number of amides is 2. The molecule has 0 aliphatic rings. The van der Waals surface area contributed by atoms with Crippen molar-refractivity contribution in [3.8, 4) is 0 Å². The Morgan fingerprint density at radius 1 is 0.943 bits per heavy atom. The molecule has 0 aliphatic carbocycles. The Balaban J connectivity index is 1.90. The van der Waals surface area contributed by atoms with Gasteiger partial charge in [-0.1, -0.05) is 80.0 Å². The van der Waals surface area contributed by atoms with Crippen LogP contribution in [0.15, 0.2) is 83.8 Å². The summed E-state index contributed by atoms with van der Waals surface area (Å²) in [5.74, 6) is 0.350. The molecule has 35 heavy (non-hydrogen) atoms. The molecule has 1 N–H and O–H groups in total. The molecule has 3 aromatic rings. The first kappa shape index (κ1) is 26.8. The van der Waals surface area contributed by atoms with Gasteiger partial charge < -0.3 is 10.2 Å². The Labute approximate surface area is 218 Å². The lowest BCUT2D eigenvalue weighted by Gasteiger charge is -2.32. The van der Waals surface area contributed by atoms with Crippen molar-refractivity contribution >= 4 is 35.2 Å². The van der Waals surface area contributed by atoms with Gasteiger partial charge in [0.25, 0.3) is 0 Å². The molecule has 4 nitrogen and oxygen atoms in total. The maximum atomic E-state index is 13.7. The summed E-state index contributed by atoms with van der Waals surface area (Å²) in [6.45, 7) is 7.10. The number of rotatable bonds is 11. The zero-order valence-electron chi connectivity index (χ0n) is 20.5. The zero-order valence-corrected chi connectivity index (χ0v) is 22.1. The van der Waals surface area contributed by atoms with Crippen molar-refractivity contribution in [3.05, 3.63) is 101 Å². The number of halogens is 1. The molecule has 3 rings (SSSR count). The summed E-state index contributed by atoms with van der Waals surface area (Å²) < 4.78 is 0. The Kier molecular flexibility index (Phi) is 10.2. The second-order valence-corrected chi connectivity index (χ2v) is 10.5. The van der Waals surface area contributed by atoms with E-state index in [-0.39, 0.29) is 17.6 Å². The molecule has 0 aromatic heterocycles. The highest BCUT2D eigenvalue weighted by atomic mass is 35.5. The van der Waals surface area contributed by atoms with Crippen molar-refractivity contribution in [2.45, 2.75) is 44.7 Å². The van der Waals surface area contributed by atoms with Gasteiger partial charge in [-0.05, 0) is 53.8 Å². The zero-order chi connectivity index (χ0) is 25.2. The van der Waals surface area contributed by atoms with Gasteiger partial charge in [-0.3, -0.25) is 9.59 Å². The molecule has 0 aliphatic heterocycles. The first-order chi connectivity index (χ1) is 16.8. The fraction of sp³-hybridized carbons (Fsp3) is 0.310. The van der Waals surface area contributed by atoms with E-state index >= 15 is 0 Å². The smallest absolute Gasteiger partial charge is 0.243 e. The van der Waals surface area contributed by atoms with E-state index in [2.05, 4.69) is 19.2 Å². The molecule has 6 heteroatoms. The van der Waals surface area contributed by atoms with Gasteiger partial charge in [0, 0.05) is 29.4 Å². The van der Waals surface area contributed by atoms with E-state index in [1.54, 1.807) is 4.90 Å². The lowest BCUT2D eigenvalue weighted by Crippen LogP contribution is -2.51. The summed E-state index contributed by atoms with van der Waals surface area (Å²) in [7, 11) is 0. The van der Waals surface area contributed by atoms with Crippen molar-refractivity contribution in [3.63, 3.8) is 0 Å². The Bertz CT molecular complexity index is 1100. The first-order valence-electron chi connectivity index (χ1n) is 11.9. The summed E-state index contributed by atoms with van der Waals surface area (Å²) in [5, 5.41) is 3.72. The van der Waals surface area contributed by atoms with Crippen LogP contribution < -0.4 is 5.32 Å². The molecular weight excluding hydrogens is 476 g/mol. The number of hydrogen-bond acceptors (Lipinski definition) is 3. The Morgan fingerprint density at radius 2 is 1.60 bits per heavy atom. The number of nitrogens with zero attached hydrogens (tertiary/aromatic N) is 1. The van der Waals surface area contributed by atoms with E-state index in [9.17, 15) is 9.59 Å². The van der Waals surface area contributed by atoms with Crippen molar-refractivity contribution in [1.29, 1.82) is 0 Å². The predicted molar refractivity (Wildman–Crippen MR) is 146 cm³/mol. The van der Waals surface area contributed by atoms with Gasteiger partial charge in [0.05, 0.1) is 5.75 Å². The van der Waals surface area contributed by atoms with Crippen LogP contribution in [0, 0.1) is 12.8 Å². The largest absolute Gasteiger partial charge is 0.354 e. The van der Waals surface area contributed by atoms with Crippen molar-refractivity contribution in [2.24, 2.45) is 5.92 Å². The second-order valence-electron chi connectivity index (χ2n) is 9.04. The Morgan fingerprint density at radius 3 is 2.26 bits per heavy atom. The number of thioether (sulfide) groups is 1. The van der Waals surface area contributed by atoms with Crippen LogP contribution in [0.5, 0.6) is 0 Å². The van der Waals surface area contributed by atoms with Crippen LogP contribution in [-0.4, -0.2) is 35.1 Å². The number of hydrogen-bond donors (Lipinski definition) is 1. The van der Waals surface area contributed by atoms with Gasteiger partial charge in [-0.15, -0.1) is 11.8 Å². The number of carbonyl (C=O) groups excluding carboxylic acids is 2. The summed E-state index contributed by atoms with van der Waals surface area (Å²) >= 11 is 7.46.